The van der Waals surface area contributed by atoms with Crippen LogP contribution in [0.3, 0.4) is 0 Å². The molecule has 5 heteroatoms. The lowest BCUT2D eigenvalue weighted by Crippen LogP contribution is -2.28. The van der Waals surface area contributed by atoms with Crippen molar-refractivity contribution in [1.82, 2.24) is 0 Å². The molecule has 0 saturated carbocycles. The van der Waals surface area contributed by atoms with Gasteiger partial charge < -0.3 is 10.2 Å². The Morgan fingerprint density at radius 1 is 1.23 bits per heavy atom. The molecule has 1 N–H and O–H groups in total. The first-order valence-electron chi connectivity index (χ1n) is 8.77. The van der Waals surface area contributed by atoms with E-state index in [1.165, 1.54) is 0 Å². The van der Waals surface area contributed by atoms with Crippen LogP contribution in [0.25, 0.3) is 0 Å². The van der Waals surface area contributed by atoms with Gasteiger partial charge in [-0.1, -0.05) is 37.3 Å². The zero-order chi connectivity index (χ0) is 18.5. The van der Waals surface area contributed by atoms with Gasteiger partial charge in [-0.3, -0.25) is 9.59 Å². The fraction of sp³-hybridized carbons (Fsp3) is 0.286. The van der Waals surface area contributed by atoms with E-state index < -0.39 is 0 Å². The van der Waals surface area contributed by atoms with Crippen LogP contribution in [0.4, 0.5) is 11.4 Å². The molecule has 0 spiro atoms. The molecule has 1 unspecified atom stereocenters. The fourth-order valence-corrected chi connectivity index (χ4v) is 3.23. The van der Waals surface area contributed by atoms with E-state index >= 15 is 0 Å². The van der Waals surface area contributed by atoms with Gasteiger partial charge in [-0.25, -0.2) is 0 Å². The summed E-state index contributed by atoms with van der Waals surface area (Å²) in [6.45, 7) is 2.45. The van der Waals surface area contributed by atoms with E-state index in [1.807, 2.05) is 36.4 Å². The van der Waals surface area contributed by atoms with Crippen LogP contribution < -0.4 is 10.2 Å². The summed E-state index contributed by atoms with van der Waals surface area (Å²) in [7, 11) is 0. The van der Waals surface area contributed by atoms with E-state index in [9.17, 15) is 9.59 Å². The number of hydrogen-bond donors (Lipinski definition) is 1. The fourth-order valence-electron chi connectivity index (χ4n) is 3.23. The van der Waals surface area contributed by atoms with E-state index in [4.69, 9.17) is 5.26 Å². The summed E-state index contributed by atoms with van der Waals surface area (Å²) in [5, 5.41) is 11.6. The van der Waals surface area contributed by atoms with Gasteiger partial charge in [0.25, 0.3) is 0 Å². The van der Waals surface area contributed by atoms with Gasteiger partial charge in [-0.15, -0.1) is 0 Å². The standard InChI is InChI=1S/C21H21N3O2/c1-2-16-5-3-4-6-19(16)24-14-17(13-20(24)25)21(26)23-18-9-7-15(8-10-18)11-12-22/h3-10,17H,2,11,13-14H2,1H3,(H,23,26). The van der Waals surface area contributed by atoms with Crippen molar-refractivity contribution in [3.8, 4) is 6.07 Å². The van der Waals surface area contributed by atoms with E-state index in [-0.39, 0.29) is 24.2 Å². The summed E-state index contributed by atoms with van der Waals surface area (Å²) in [5.74, 6) is -0.538. The number of anilines is 2. The molecule has 0 aliphatic carbocycles. The molecule has 2 amide bonds. The Bertz CT molecular complexity index is 852. The van der Waals surface area contributed by atoms with E-state index in [1.54, 1.807) is 17.0 Å². The van der Waals surface area contributed by atoms with Crippen molar-refractivity contribution < 1.29 is 9.59 Å². The molecule has 3 rings (SSSR count). The SMILES string of the molecule is CCc1ccccc1N1CC(C(=O)Nc2ccc(CC#N)cc2)CC1=O. The third kappa shape index (κ3) is 3.75. The van der Waals surface area contributed by atoms with Crippen molar-refractivity contribution in [1.29, 1.82) is 5.26 Å². The molecular weight excluding hydrogens is 326 g/mol. The van der Waals surface area contributed by atoms with Crippen molar-refractivity contribution in [3.63, 3.8) is 0 Å². The highest BCUT2D eigenvalue weighted by Crippen LogP contribution is 2.29. The van der Waals surface area contributed by atoms with Crippen LogP contribution in [0.15, 0.2) is 48.5 Å². The smallest absolute Gasteiger partial charge is 0.229 e. The highest BCUT2D eigenvalue weighted by Gasteiger charge is 2.35. The van der Waals surface area contributed by atoms with Gasteiger partial charge in [-0.2, -0.15) is 5.26 Å². The van der Waals surface area contributed by atoms with Crippen molar-refractivity contribution in [2.45, 2.75) is 26.2 Å². The number of nitrogens with one attached hydrogen (secondary N) is 1. The number of carbonyl (C=O) groups is 2. The first-order valence-corrected chi connectivity index (χ1v) is 8.77. The van der Waals surface area contributed by atoms with Crippen LogP contribution >= 0.6 is 0 Å². The molecule has 1 saturated heterocycles. The number of nitrogens with zero attached hydrogens (tertiary/aromatic N) is 2. The largest absolute Gasteiger partial charge is 0.326 e. The van der Waals surface area contributed by atoms with E-state index in [2.05, 4.69) is 18.3 Å². The Labute approximate surface area is 153 Å². The second kappa shape index (κ2) is 7.83. The molecule has 0 aromatic heterocycles. The quantitative estimate of drug-likeness (QED) is 0.902. The van der Waals surface area contributed by atoms with Crippen LogP contribution in [0.5, 0.6) is 0 Å². The average Bonchev–Trinajstić information content (AvgIpc) is 3.05. The molecule has 0 bridgehead atoms. The van der Waals surface area contributed by atoms with Gasteiger partial charge >= 0.3 is 0 Å². The van der Waals surface area contributed by atoms with Crippen LogP contribution in [0.2, 0.25) is 0 Å². The third-order valence-electron chi connectivity index (χ3n) is 4.66. The maximum atomic E-state index is 12.6. The molecular formula is C21H21N3O2. The second-order valence-corrected chi connectivity index (χ2v) is 6.41. The predicted octanol–water partition coefficient (Wildman–Crippen LogP) is 3.31. The minimum Gasteiger partial charge on any atom is -0.326 e. The lowest BCUT2D eigenvalue weighted by atomic mass is 10.1. The number of aryl methyl sites for hydroxylation is 1. The number of nitriles is 1. The van der Waals surface area contributed by atoms with Crippen molar-refractivity contribution in [2.24, 2.45) is 5.92 Å². The molecule has 1 aliphatic rings. The van der Waals surface area contributed by atoms with Crippen LogP contribution in [-0.4, -0.2) is 18.4 Å². The molecule has 1 fully saturated rings. The number of benzene rings is 2. The normalized spacial score (nSPS) is 16.4. The predicted molar refractivity (Wildman–Crippen MR) is 101 cm³/mol. The number of carbonyl (C=O) groups excluding carboxylic acids is 2. The molecule has 0 radical (unpaired) electrons. The maximum Gasteiger partial charge on any atom is 0.229 e. The number of amides is 2. The van der Waals surface area contributed by atoms with Gasteiger partial charge in [0.05, 0.1) is 18.4 Å². The maximum absolute atomic E-state index is 12.6. The molecule has 1 aliphatic heterocycles. The summed E-state index contributed by atoms with van der Waals surface area (Å²) in [4.78, 5) is 26.7. The highest BCUT2D eigenvalue weighted by molar-refractivity contribution is 6.03. The number of para-hydroxylation sites is 1. The Kier molecular flexibility index (Phi) is 5.33. The van der Waals surface area contributed by atoms with Gasteiger partial charge in [0.1, 0.15) is 0 Å². The molecule has 1 heterocycles. The van der Waals surface area contributed by atoms with Crippen LogP contribution in [-0.2, 0) is 22.4 Å². The monoisotopic (exact) mass is 347 g/mol. The molecule has 5 nitrogen and oxygen atoms in total. The minimum atomic E-state index is -0.369. The highest BCUT2D eigenvalue weighted by atomic mass is 16.2. The topological polar surface area (TPSA) is 73.2 Å². The molecule has 2 aromatic carbocycles. The van der Waals surface area contributed by atoms with Gasteiger partial charge in [0.2, 0.25) is 11.8 Å². The summed E-state index contributed by atoms with van der Waals surface area (Å²) < 4.78 is 0. The third-order valence-corrected chi connectivity index (χ3v) is 4.66. The molecule has 2 aromatic rings. The lowest BCUT2D eigenvalue weighted by Gasteiger charge is -2.20. The number of hydrogen-bond acceptors (Lipinski definition) is 3. The Balaban J connectivity index is 1.68. The molecule has 26 heavy (non-hydrogen) atoms. The zero-order valence-electron chi connectivity index (χ0n) is 14.7. The molecule has 132 valence electrons. The molecule has 1 atom stereocenters. The van der Waals surface area contributed by atoms with Crippen molar-refractivity contribution in [3.05, 3.63) is 59.7 Å². The van der Waals surface area contributed by atoms with E-state index in [0.29, 0.717) is 18.7 Å². The van der Waals surface area contributed by atoms with Crippen molar-refractivity contribution in [2.75, 3.05) is 16.8 Å². The Morgan fingerprint density at radius 2 is 1.96 bits per heavy atom. The van der Waals surface area contributed by atoms with Crippen molar-refractivity contribution >= 4 is 23.2 Å². The van der Waals surface area contributed by atoms with Crippen LogP contribution in [0.1, 0.15) is 24.5 Å². The van der Waals surface area contributed by atoms with Gasteiger partial charge in [0, 0.05) is 24.3 Å². The Hall–Kier alpha value is -3.13. The van der Waals surface area contributed by atoms with E-state index in [0.717, 1.165) is 23.2 Å². The average molecular weight is 347 g/mol. The first kappa shape index (κ1) is 17.7. The first-order chi connectivity index (χ1) is 12.6. The Morgan fingerprint density at radius 3 is 2.65 bits per heavy atom. The summed E-state index contributed by atoms with van der Waals surface area (Å²) in [6.07, 6.45) is 1.40. The van der Waals surface area contributed by atoms with Gasteiger partial charge in [-0.05, 0) is 35.7 Å². The number of rotatable bonds is 5. The second-order valence-electron chi connectivity index (χ2n) is 6.41. The van der Waals surface area contributed by atoms with Gasteiger partial charge in [0.15, 0.2) is 0 Å². The lowest BCUT2D eigenvalue weighted by molar-refractivity contribution is -0.122. The summed E-state index contributed by atoms with van der Waals surface area (Å²) >= 11 is 0. The zero-order valence-corrected chi connectivity index (χ0v) is 14.7. The summed E-state index contributed by atoms with van der Waals surface area (Å²) in [6, 6.07) is 17.1. The minimum absolute atomic E-state index is 0.0181. The van der Waals surface area contributed by atoms with Crippen LogP contribution in [0, 0.1) is 17.2 Å². The summed E-state index contributed by atoms with van der Waals surface area (Å²) in [5.41, 5.74) is 3.59.